The second-order valence-corrected chi connectivity index (χ2v) is 7.83. The number of amides is 2. The Hall–Kier alpha value is -1.95. The Kier molecular flexibility index (Phi) is 4.94. The Morgan fingerprint density at radius 1 is 1.19 bits per heavy atom. The van der Waals surface area contributed by atoms with Gasteiger partial charge in [-0.1, -0.05) is 6.07 Å². The number of fused-ring (bicyclic) bond motifs is 2. The largest absolute Gasteiger partial charge is 0.490 e. The number of hydrogen-bond acceptors (Lipinski definition) is 4. The maximum Gasteiger partial charge on any atom is 0.318 e. The van der Waals surface area contributed by atoms with Crippen molar-refractivity contribution < 1.29 is 14.3 Å². The van der Waals surface area contributed by atoms with Gasteiger partial charge in [-0.05, 0) is 50.8 Å². The summed E-state index contributed by atoms with van der Waals surface area (Å²) in [5, 5.41) is 3.17. The van der Waals surface area contributed by atoms with Gasteiger partial charge in [0, 0.05) is 25.7 Å². The number of benzene rings is 1. The molecule has 6 nitrogen and oxygen atoms in total. The van der Waals surface area contributed by atoms with Crippen LogP contribution in [-0.2, 0) is 6.54 Å². The van der Waals surface area contributed by atoms with Crippen LogP contribution in [0.5, 0.6) is 11.5 Å². The lowest BCUT2D eigenvalue weighted by Crippen LogP contribution is -2.51. The summed E-state index contributed by atoms with van der Waals surface area (Å²) >= 11 is 0. The van der Waals surface area contributed by atoms with E-state index >= 15 is 0 Å². The van der Waals surface area contributed by atoms with E-state index in [-0.39, 0.29) is 18.1 Å². The zero-order valence-electron chi connectivity index (χ0n) is 15.7. The highest BCUT2D eigenvalue weighted by Crippen LogP contribution is 2.31. The second kappa shape index (κ2) is 7.35. The SMILES string of the molecule is CC(C)N1C(=O)N[C@@H]2CN(Cc3ccc4c(c3)OCCCCO4)CC[C@@H]21. The Morgan fingerprint density at radius 2 is 1.96 bits per heavy atom. The summed E-state index contributed by atoms with van der Waals surface area (Å²) in [6.07, 6.45) is 3.09. The number of piperidine rings is 1. The maximum atomic E-state index is 12.2. The molecule has 3 aliphatic rings. The van der Waals surface area contributed by atoms with Crippen LogP contribution in [0.3, 0.4) is 0 Å². The normalized spacial score (nSPS) is 26.3. The molecule has 2 atom stereocenters. The molecule has 3 aliphatic heterocycles. The molecular weight excluding hydrogens is 330 g/mol. The monoisotopic (exact) mass is 359 g/mol. The lowest BCUT2D eigenvalue weighted by atomic mass is 9.98. The highest BCUT2D eigenvalue weighted by molar-refractivity contribution is 5.78. The Bertz CT molecular complexity index is 664. The predicted octanol–water partition coefficient (Wildman–Crippen LogP) is 2.61. The molecule has 1 aromatic rings. The molecule has 6 heteroatoms. The highest BCUT2D eigenvalue weighted by atomic mass is 16.5. The van der Waals surface area contributed by atoms with Crippen molar-refractivity contribution >= 4 is 6.03 Å². The highest BCUT2D eigenvalue weighted by Gasteiger charge is 2.43. The van der Waals surface area contributed by atoms with E-state index in [2.05, 4.69) is 36.2 Å². The predicted molar refractivity (Wildman–Crippen MR) is 99.6 cm³/mol. The van der Waals surface area contributed by atoms with Crippen LogP contribution in [0.4, 0.5) is 4.79 Å². The quantitative estimate of drug-likeness (QED) is 0.901. The van der Waals surface area contributed by atoms with Crippen molar-refractivity contribution in [3.05, 3.63) is 23.8 Å². The Labute approximate surface area is 155 Å². The van der Waals surface area contributed by atoms with Crippen LogP contribution in [0.1, 0.15) is 38.7 Å². The van der Waals surface area contributed by atoms with Crippen molar-refractivity contribution in [3.8, 4) is 11.5 Å². The van der Waals surface area contributed by atoms with Gasteiger partial charge in [0.1, 0.15) is 0 Å². The van der Waals surface area contributed by atoms with E-state index in [9.17, 15) is 4.79 Å². The van der Waals surface area contributed by atoms with E-state index in [1.54, 1.807) is 0 Å². The number of nitrogens with zero attached hydrogens (tertiary/aromatic N) is 2. The zero-order chi connectivity index (χ0) is 18.1. The van der Waals surface area contributed by atoms with Gasteiger partial charge in [-0.25, -0.2) is 4.79 Å². The lowest BCUT2D eigenvalue weighted by Gasteiger charge is -2.38. The summed E-state index contributed by atoms with van der Waals surface area (Å²) in [6, 6.07) is 7.16. The van der Waals surface area contributed by atoms with E-state index in [1.165, 1.54) is 5.56 Å². The molecule has 2 amide bonds. The molecular formula is C20H29N3O3. The molecule has 1 N–H and O–H groups in total. The number of carbonyl (C=O) groups is 1. The molecule has 0 radical (unpaired) electrons. The minimum Gasteiger partial charge on any atom is -0.490 e. The van der Waals surface area contributed by atoms with Gasteiger partial charge in [0.25, 0.3) is 0 Å². The third-order valence-electron chi connectivity index (χ3n) is 5.59. The van der Waals surface area contributed by atoms with E-state index in [1.807, 2.05) is 11.0 Å². The van der Waals surface area contributed by atoms with Gasteiger partial charge in [-0.15, -0.1) is 0 Å². The van der Waals surface area contributed by atoms with Crippen molar-refractivity contribution in [1.29, 1.82) is 0 Å². The summed E-state index contributed by atoms with van der Waals surface area (Å²) < 4.78 is 11.7. The first-order valence-corrected chi connectivity index (χ1v) is 9.81. The molecule has 2 fully saturated rings. The molecule has 3 heterocycles. The minimum absolute atomic E-state index is 0.0866. The average molecular weight is 359 g/mol. The number of nitrogens with one attached hydrogen (secondary N) is 1. The number of hydrogen-bond donors (Lipinski definition) is 1. The summed E-state index contributed by atoms with van der Waals surface area (Å²) in [5.41, 5.74) is 1.23. The molecule has 0 spiro atoms. The maximum absolute atomic E-state index is 12.2. The van der Waals surface area contributed by atoms with Crippen molar-refractivity contribution in [2.24, 2.45) is 0 Å². The summed E-state index contributed by atoms with van der Waals surface area (Å²) in [7, 11) is 0. The Balaban J connectivity index is 1.41. The first-order valence-electron chi connectivity index (χ1n) is 9.81. The topological polar surface area (TPSA) is 54.0 Å². The van der Waals surface area contributed by atoms with Crippen molar-refractivity contribution in [2.75, 3.05) is 26.3 Å². The molecule has 4 rings (SSSR count). The van der Waals surface area contributed by atoms with E-state index in [4.69, 9.17) is 9.47 Å². The van der Waals surface area contributed by atoms with Crippen molar-refractivity contribution in [3.63, 3.8) is 0 Å². The van der Waals surface area contributed by atoms with Crippen LogP contribution < -0.4 is 14.8 Å². The fourth-order valence-corrected chi connectivity index (χ4v) is 4.34. The summed E-state index contributed by atoms with van der Waals surface area (Å²) in [6.45, 7) is 8.48. The van der Waals surface area contributed by atoms with Crippen LogP contribution in [-0.4, -0.2) is 60.3 Å². The van der Waals surface area contributed by atoms with E-state index < -0.39 is 0 Å². The fourth-order valence-electron chi connectivity index (χ4n) is 4.34. The molecule has 2 saturated heterocycles. The van der Waals surface area contributed by atoms with Gasteiger partial charge in [0.05, 0.1) is 25.3 Å². The summed E-state index contributed by atoms with van der Waals surface area (Å²) in [4.78, 5) is 16.7. The number of likely N-dealkylation sites (tertiary alicyclic amines) is 1. The van der Waals surface area contributed by atoms with Gasteiger partial charge < -0.3 is 19.7 Å². The zero-order valence-corrected chi connectivity index (χ0v) is 15.7. The van der Waals surface area contributed by atoms with Crippen LogP contribution in [0, 0.1) is 0 Å². The number of urea groups is 1. The molecule has 0 bridgehead atoms. The minimum atomic E-state index is 0.0866. The Morgan fingerprint density at radius 3 is 2.73 bits per heavy atom. The van der Waals surface area contributed by atoms with Crippen molar-refractivity contribution in [1.82, 2.24) is 15.1 Å². The standard InChI is InChI=1S/C20H29N3O3/c1-14(2)23-17-7-8-22(13-16(17)21-20(23)24)12-15-5-6-18-19(11-15)26-10-4-3-9-25-18/h5-6,11,14,16-17H,3-4,7-10,12-13H2,1-2H3,(H,21,24)/t16-,17+/m1/s1. The summed E-state index contributed by atoms with van der Waals surface area (Å²) in [5.74, 6) is 1.71. The molecule has 1 aromatic carbocycles. The number of carbonyl (C=O) groups excluding carboxylic acids is 1. The molecule has 142 valence electrons. The van der Waals surface area contributed by atoms with Gasteiger partial charge in [-0.2, -0.15) is 0 Å². The van der Waals surface area contributed by atoms with Crippen LogP contribution in [0.2, 0.25) is 0 Å². The molecule has 26 heavy (non-hydrogen) atoms. The van der Waals surface area contributed by atoms with Crippen LogP contribution in [0.15, 0.2) is 18.2 Å². The number of rotatable bonds is 3. The third kappa shape index (κ3) is 3.47. The lowest BCUT2D eigenvalue weighted by molar-refractivity contribution is 0.122. The van der Waals surface area contributed by atoms with E-state index in [0.29, 0.717) is 6.04 Å². The first kappa shape index (κ1) is 17.5. The van der Waals surface area contributed by atoms with Gasteiger partial charge in [-0.3, -0.25) is 4.90 Å². The van der Waals surface area contributed by atoms with Crippen LogP contribution >= 0.6 is 0 Å². The van der Waals surface area contributed by atoms with Gasteiger partial charge in [0.15, 0.2) is 11.5 Å². The van der Waals surface area contributed by atoms with Gasteiger partial charge >= 0.3 is 6.03 Å². The first-order chi connectivity index (χ1) is 12.6. The van der Waals surface area contributed by atoms with Gasteiger partial charge in [0.2, 0.25) is 0 Å². The van der Waals surface area contributed by atoms with Crippen molar-refractivity contribution in [2.45, 2.75) is 57.8 Å². The molecule has 0 unspecified atom stereocenters. The molecule has 0 aliphatic carbocycles. The smallest absolute Gasteiger partial charge is 0.318 e. The number of ether oxygens (including phenoxy) is 2. The molecule has 0 aromatic heterocycles. The van der Waals surface area contributed by atoms with Crippen LogP contribution in [0.25, 0.3) is 0 Å². The third-order valence-corrected chi connectivity index (χ3v) is 5.59. The second-order valence-electron chi connectivity index (χ2n) is 7.83. The average Bonchev–Trinajstić information content (AvgIpc) is 2.91. The van der Waals surface area contributed by atoms with E-state index in [0.717, 1.165) is 63.6 Å². The fraction of sp³-hybridized carbons (Fsp3) is 0.650. The molecule has 0 saturated carbocycles.